The summed E-state index contributed by atoms with van der Waals surface area (Å²) in [6.07, 6.45) is -0.333. The molecule has 0 spiro atoms. The number of β-amino-alcohol motifs (C(OH)–C–C–N with tert-alkyl or cyclic N) is 1. The van der Waals surface area contributed by atoms with Crippen LogP contribution in [0.3, 0.4) is 0 Å². The van der Waals surface area contributed by atoms with Crippen LogP contribution in [0.4, 0.5) is 5.69 Å². The van der Waals surface area contributed by atoms with Crippen LogP contribution in [0.2, 0.25) is 0 Å². The molecule has 3 nitrogen and oxygen atoms in total. The third-order valence-electron chi connectivity index (χ3n) is 3.46. The van der Waals surface area contributed by atoms with Crippen molar-refractivity contribution in [1.82, 2.24) is 5.32 Å². The molecule has 1 saturated heterocycles. The van der Waals surface area contributed by atoms with Gasteiger partial charge in [0, 0.05) is 29.6 Å². The molecule has 1 aliphatic rings. The van der Waals surface area contributed by atoms with Gasteiger partial charge in [0.25, 0.3) is 0 Å². The number of halogens is 1. The minimum atomic E-state index is -0.333. The van der Waals surface area contributed by atoms with Crippen molar-refractivity contribution in [3.05, 3.63) is 28.2 Å². The highest BCUT2D eigenvalue weighted by atomic mass is 79.9. The van der Waals surface area contributed by atoms with E-state index in [9.17, 15) is 5.11 Å². The maximum absolute atomic E-state index is 9.98. The number of nitrogens with one attached hydrogen (secondary N) is 1. The fourth-order valence-electron chi connectivity index (χ4n) is 2.42. The standard InChI is InChI=1S/C14H21BrN2O/c1-10-4-5-13(12(15)6-10)17-8-11(18)7-16-9-14(17,2)3/h4-6,11,16,18H,7-9H2,1-3H3. The molecule has 100 valence electrons. The van der Waals surface area contributed by atoms with Gasteiger partial charge in [0.15, 0.2) is 0 Å². The van der Waals surface area contributed by atoms with Gasteiger partial charge in [-0.3, -0.25) is 0 Å². The zero-order valence-electron chi connectivity index (χ0n) is 11.2. The zero-order valence-corrected chi connectivity index (χ0v) is 12.8. The van der Waals surface area contributed by atoms with Gasteiger partial charge in [-0.05, 0) is 54.4 Å². The molecular formula is C14H21BrN2O. The summed E-state index contributed by atoms with van der Waals surface area (Å²) >= 11 is 3.64. The van der Waals surface area contributed by atoms with Crippen molar-refractivity contribution in [2.45, 2.75) is 32.4 Å². The normalized spacial score (nSPS) is 23.8. The lowest BCUT2D eigenvalue weighted by Gasteiger charge is -2.40. The van der Waals surface area contributed by atoms with Crippen molar-refractivity contribution in [3.8, 4) is 0 Å². The van der Waals surface area contributed by atoms with Crippen molar-refractivity contribution in [3.63, 3.8) is 0 Å². The molecule has 0 radical (unpaired) electrons. The number of rotatable bonds is 1. The summed E-state index contributed by atoms with van der Waals surface area (Å²) in [5, 5.41) is 13.3. The Balaban J connectivity index is 2.38. The highest BCUT2D eigenvalue weighted by Gasteiger charge is 2.32. The third kappa shape index (κ3) is 2.87. The number of aliphatic hydroxyl groups excluding tert-OH is 1. The Morgan fingerprint density at radius 1 is 1.44 bits per heavy atom. The number of benzene rings is 1. The van der Waals surface area contributed by atoms with Gasteiger partial charge in [-0.25, -0.2) is 0 Å². The van der Waals surface area contributed by atoms with Gasteiger partial charge in [-0.15, -0.1) is 0 Å². The molecule has 4 heteroatoms. The Hall–Kier alpha value is -0.580. The predicted molar refractivity (Wildman–Crippen MR) is 79.2 cm³/mol. The van der Waals surface area contributed by atoms with Crippen LogP contribution >= 0.6 is 15.9 Å². The van der Waals surface area contributed by atoms with Crippen LogP contribution in [0.5, 0.6) is 0 Å². The van der Waals surface area contributed by atoms with E-state index >= 15 is 0 Å². The number of aliphatic hydroxyl groups is 1. The van der Waals surface area contributed by atoms with Gasteiger partial charge in [0.1, 0.15) is 0 Å². The lowest BCUT2D eigenvalue weighted by molar-refractivity contribution is 0.183. The van der Waals surface area contributed by atoms with Gasteiger partial charge in [0.05, 0.1) is 11.8 Å². The molecule has 2 rings (SSSR count). The Labute approximate surface area is 117 Å². The van der Waals surface area contributed by atoms with Gasteiger partial charge >= 0.3 is 0 Å². The van der Waals surface area contributed by atoms with Gasteiger partial charge < -0.3 is 15.3 Å². The third-order valence-corrected chi connectivity index (χ3v) is 4.09. The average Bonchev–Trinajstić information content (AvgIpc) is 2.38. The SMILES string of the molecule is Cc1ccc(N2CC(O)CNCC2(C)C)c(Br)c1. The van der Waals surface area contributed by atoms with E-state index in [2.05, 4.69) is 65.1 Å². The molecule has 0 aromatic heterocycles. The van der Waals surface area contributed by atoms with Crippen LogP contribution in [0.25, 0.3) is 0 Å². The molecule has 1 unspecified atom stereocenters. The summed E-state index contributed by atoms with van der Waals surface area (Å²) in [6, 6.07) is 6.36. The number of hydrogen-bond donors (Lipinski definition) is 2. The Kier molecular flexibility index (Phi) is 3.99. The van der Waals surface area contributed by atoms with Crippen LogP contribution in [-0.4, -0.2) is 36.4 Å². The number of anilines is 1. The molecular weight excluding hydrogens is 292 g/mol. The van der Waals surface area contributed by atoms with Crippen LogP contribution in [0.1, 0.15) is 19.4 Å². The monoisotopic (exact) mass is 312 g/mol. The summed E-state index contributed by atoms with van der Waals surface area (Å²) in [5.74, 6) is 0. The minimum Gasteiger partial charge on any atom is -0.390 e. The minimum absolute atomic E-state index is 0.0186. The molecule has 1 atom stereocenters. The van der Waals surface area contributed by atoms with Crippen LogP contribution in [0.15, 0.2) is 22.7 Å². The summed E-state index contributed by atoms with van der Waals surface area (Å²) in [4.78, 5) is 2.28. The molecule has 1 fully saturated rings. The summed E-state index contributed by atoms with van der Waals surface area (Å²) in [6.45, 7) is 8.66. The maximum atomic E-state index is 9.98. The van der Waals surface area contributed by atoms with Crippen LogP contribution < -0.4 is 10.2 Å². The van der Waals surface area contributed by atoms with Crippen molar-refractivity contribution in [2.24, 2.45) is 0 Å². The van der Waals surface area contributed by atoms with Gasteiger partial charge in [-0.2, -0.15) is 0 Å². The van der Waals surface area contributed by atoms with Crippen molar-refractivity contribution in [1.29, 1.82) is 0 Å². The van der Waals surface area contributed by atoms with E-state index in [1.165, 1.54) is 5.56 Å². The first-order chi connectivity index (χ1) is 8.40. The first-order valence-corrected chi connectivity index (χ1v) is 7.12. The highest BCUT2D eigenvalue weighted by Crippen LogP contribution is 2.32. The second-order valence-corrected chi connectivity index (χ2v) is 6.52. The number of aryl methyl sites for hydroxylation is 1. The quantitative estimate of drug-likeness (QED) is 0.835. The molecule has 1 aliphatic heterocycles. The first kappa shape index (κ1) is 13.8. The Morgan fingerprint density at radius 3 is 2.83 bits per heavy atom. The van der Waals surface area contributed by atoms with Crippen LogP contribution in [-0.2, 0) is 0 Å². The molecule has 0 amide bonds. The average molecular weight is 313 g/mol. The number of hydrogen-bond acceptors (Lipinski definition) is 3. The van der Waals surface area contributed by atoms with E-state index in [0.717, 1.165) is 16.7 Å². The van der Waals surface area contributed by atoms with Gasteiger partial charge in [-0.1, -0.05) is 6.07 Å². The molecule has 1 heterocycles. The fourth-order valence-corrected chi connectivity index (χ4v) is 3.13. The molecule has 1 aromatic rings. The fraction of sp³-hybridized carbons (Fsp3) is 0.571. The summed E-state index contributed by atoms with van der Waals surface area (Å²) in [7, 11) is 0. The maximum Gasteiger partial charge on any atom is 0.0839 e. The van der Waals surface area contributed by atoms with E-state index in [0.29, 0.717) is 13.1 Å². The topological polar surface area (TPSA) is 35.5 Å². The van der Waals surface area contributed by atoms with E-state index in [4.69, 9.17) is 0 Å². The molecule has 2 N–H and O–H groups in total. The first-order valence-electron chi connectivity index (χ1n) is 6.33. The molecule has 1 aromatic carbocycles. The smallest absolute Gasteiger partial charge is 0.0839 e. The van der Waals surface area contributed by atoms with Crippen LogP contribution in [0, 0.1) is 6.92 Å². The van der Waals surface area contributed by atoms with Crippen molar-refractivity contribution < 1.29 is 5.11 Å². The van der Waals surface area contributed by atoms with Crippen molar-refractivity contribution >= 4 is 21.6 Å². The summed E-state index contributed by atoms with van der Waals surface area (Å²) < 4.78 is 1.09. The summed E-state index contributed by atoms with van der Waals surface area (Å²) in [5.41, 5.74) is 2.36. The van der Waals surface area contributed by atoms with E-state index < -0.39 is 0 Å². The molecule has 0 saturated carbocycles. The molecule has 0 bridgehead atoms. The predicted octanol–water partition coefficient (Wildman–Crippen LogP) is 2.31. The Morgan fingerprint density at radius 2 is 2.17 bits per heavy atom. The molecule has 18 heavy (non-hydrogen) atoms. The second kappa shape index (κ2) is 5.19. The number of nitrogens with zero attached hydrogens (tertiary/aromatic N) is 1. The van der Waals surface area contributed by atoms with E-state index in [1.54, 1.807) is 0 Å². The van der Waals surface area contributed by atoms with Gasteiger partial charge in [0.2, 0.25) is 0 Å². The van der Waals surface area contributed by atoms with Crippen molar-refractivity contribution in [2.75, 3.05) is 24.5 Å². The lowest BCUT2D eigenvalue weighted by atomic mass is 10.0. The second-order valence-electron chi connectivity index (χ2n) is 5.66. The molecule has 0 aliphatic carbocycles. The Bertz CT molecular complexity index is 434. The lowest BCUT2D eigenvalue weighted by Crippen LogP contribution is -2.49. The zero-order chi connectivity index (χ0) is 13.3. The van der Waals surface area contributed by atoms with E-state index in [1.807, 2.05) is 0 Å². The largest absolute Gasteiger partial charge is 0.390 e. The van der Waals surface area contributed by atoms with E-state index in [-0.39, 0.29) is 11.6 Å². The highest BCUT2D eigenvalue weighted by molar-refractivity contribution is 9.10.